The molecule has 102 valence electrons. The molecule has 0 spiro atoms. The highest BCUT2D eigenvalue weighted by Crippen LogP contribution is 2.36. The van der Waals surface area contributed by atoms with Crippen LogP contribution in [0.4, 0.5) is 0 Å². The van der Waals surface area contributed by atoms with E-state index in [0.717, 1.165) is 16.0 Å². The van der Waals surface area contributed by atoms with Gasteiger partial charge in [0.15, 0.2) is 0 Å². The number of nitrogens with zero attached hydrogens (tertiary/aromatic N) is 3. The van der Waals surface area contributed by atoms with Crippen LogP contribution in [0.3, 0.4) is 0 Å². The van der Waals surface area contributed by atoms with Crippen LogP contribution < -0.4 is 10.3 Å². The van der Waals surface area contributed by atoms with Gasteiger partial charge in [0.25, 0.3) is 0 Å². The van der Waals surface area contributed by atoms with E-state index >= 15 is 0 Å². The largest absolute Gasteiger partial charge is 0.495 e. The molecular formula is C13H12N4O2S. The molecule has 1 N–H and O–H groups in total. The number of methoxy groups -OCH3 is 1. The predicted octanol–water partition coefficient (Wildman–Crippen LogP) is 1.69. The van der Waals surface area contributed by atoms with Crippen molar-refractivity contribution in [1.82, 2.24) is 19.6 Å². The minimum absolute atomic E-state index is 0.290. The van der Waals surface area contributed by atoms with Crippen LogP contribution in [-0.2, 0) is 0 Å². The van der Waals surface area contributed by atoms with Gasteiger partial charge in [-0.15, -0.1) is 12.6 Å². The molecule has 0 unspecified atom stereocenters. The number of aromatic amines is 1. The molecule has 2 aromatic heterocycles. The Morgan fingerprint density at radius 2 is 2.20 bits per heavy atom. The normalized spacial score (nSPS) is 10.9. The average Bonchev–Trinajstić information content (AvgIpc) is 2.87. The first-order valence-corrected chi connectivity index (χ1v) is 6.36. The number of ether oxygens (including phenoxy) is 1. The summed E-state index contributed by atoms with van der Waals surface area (Å²) < 4.78 is 6.99. The van der Waals surface area contributed by atoms with Crippen LogP contribution in [0.1, 0.15) is 5.56 Å². The van der Waals surface area contributed by atoms with E-state index in [2.05, 4.69) is 27.8 Å². The van der Waals surface area contributed by atoms with Crippen molar-refractivity contribution < 1.29 is 4.74 Å². The molecule has 0 fully saturated rings. The molecule has 0 saturated heterocycles. The number of hydrogen-bond donors (Lipinski definition) is 2. The van der Waals surface area contributed by atoms with E-state index in [1.807, 2.05) is 19.1 Å². The van der Waals surface area contributed by atoms with Crippen LogP contribution in [0, 0.1) is 6.92 Å². The first-order valence-electron chi connectivity index (χ1n) is 5.91. The number of hydrogen-bond acceptors (Lipinski definition) is 5. The molecule has 2 heterocycles. The Labute approximate surface area is 119 Å². The minimum atomic E-state index is -0.337. The molecule has 20 heavy (non-hydrogen) atoms. The summed E-state index contributed by atoms with van der Waals surface area (Å²) in [6.45, 7) is 1.95. The molecule has 0 aliphatic heterocycles. The maximum Gasteiger partial charge on any atom is 0.307 e. The Morgan fingerprint density at radius 1 is 1.40 bits per heavy atom. The second kappa shape index (κ2) is 4.68. The van der Waals surface area contributed by atoms with E-state index in [-0.39, 0.29) is 5.56 Å². The zero-order valence-electron chi connectivity index (χ0n) is 10.9. The SMILES string of the molecule is COc1c(-c2cn3cn[nH]c(=O)c3n2)ccc(C)c1S. The summed E-state index contributed by atoms with van der Waals surface area (Å²) in [7, 11) is 1.59. The van der Waals surface area contributed by atoms with Gasteiger partial charge in [-0.05, 0) is 18.6 Å². The lowest BCUT2D eigenvalue weighted by atomic mass is 10.1. The van der Waals surface area contributed by atoms with Crippen LogP contribution in [0.25, 0.3) is 16.9 Å². The van der Waals surface area contributed by atoms with Crippen LogP contribution in [0.2, 0.25) is 0 Å². The summed E-state index contributed by atoms with van der Waals surface area (Å²) in [5, 5.41) is 6.09. The molecule has 0 atom stereocenters. The van der Waals surface area contributed by atoms with Gasteiger partial charge in [0, 0.05) is 16.7 Å². The smallest absolute Gasteiger partial charge is 0.307 e. The Balaban J connectivity index is 2.28. The van der Waals surface area contributed by atoms with Gasteiger partial charge in [0.2, 0.25) is 5.65 Å². The molecule has 3 rings (SSSR count). The number of imidazole rings is 1. The second-order valence-corrected chi connectivity index (χ2v) is 4.80. The van der Waals surface area contributed by atoms with Crippen LogP contribution >= 0.6 is 12.6 Å². The van der Waals surface area contributed by atoms with Crippen molar-refractivity contribution >= 4 is 18.3 Å². The number of fused-ring (bicyclic) bond motifs is 1. The predicted molar refractivity (Wildman–Crippen MR) is 77.6 cm³/mol. The average molecular weight is 288 g/mol. The summed E-state index contributed by atoms with van der Waals surface area (Å²) in [6.07, 6.45) is 3.23. The van der Waals surface area contributed by atoms with E-state index in [1.54, 1.807) is 17.7 Å². The van der Waals surface area contributed by atoms with Crippen molar-refractivity contribution in [1.29, 1.82) is 0 Å². The summed E-state index contributed by atoms with van der Waals surface area (Å²) in [5.74, 6) is 0.640. The van der Waals surface area contributed by atoms with Gasteiger partial charge in [0.05, 0.1) is 12.8 Å². The van der Waals surface area contributed by atoms with Crippen molar-refractivity contribution in [3.05, 3.63) is 40.6 Å². The second-order valence-electron chi connectivity index (χ2n) is 4.35. The summed E-state index contributed by atoms with van der Waals surface area (Å²) in [4.78, 5) is 16.7. The van der Waals surface area contributed by atoms with E-state index in [1.165, 1.54) is 6.33 Å². The third-order valence-electron chi connectivity index (χ3n) is 3.10. The van der Waals surface area contributed by atoms with Gasteiger partial charge >= 0.3 is 5.56 Å². The zero-order chi connectivity index (χ0) is 14.3. The molecule has 3 aromatic rings. The fraction of sp³-hybridized carbons (Fsp3) is 0.154. The molecular weight excluding hydrogens is 276 g/mol. The van der Waals surface area contributed by atoms with Crippen molar-refractivity contribution in [3.63, 3.8) is 0 Å². The lowest BCUT2D eigenvalue weighted by Crippen LogP contribution is -2.10. The maximum atomic E-state index is 11.7. The van der Waals surface area contributed by atoms with Gasteiger partial charge in [-0.1, -0.05) is 6.07 Å². The topological polar surface area (TPSA) is 72.3 Å². The summed E-state index contributed by atoms with van der Waals surface area (Å²) in [5.41, 5.74) is 2.38. The molecule has 0 saturated carbocycles. The highest BCUT2D eigenvalue weighted by molar-refractivity contribution is 7.80. The number of H-pyrrole nitrogens is 1. The lowest BCUT2D eigenvalue weighted by molar-refractivity contribution is 0.406. The molecule has 0 radical (unpaired) electrons. The molecule has 1 aromatic carbocycles. The molecule has 0 aliphatic rings. The number of aromatic nitrogens is 4. The van der Waals surface area contributed by atoms with Gasteiger partial charge in [-0.3, -0.25) is 9.20 Å². The van der Waals surface area contributed by atoms with Crippen molar-refractivity contribution in [2.45, 2.75) is 11.8 Å². The van der Waals surface area contributed by atoms with Crippen LogP contribution in [0.5, 0.6) is 5.75 Å². The fourth-order valence-corrected chi connectivity index (χ4v) is 2.34. The standard InChI is InChI=1S/C13H12N4O2S/c1-7-3-4-8(10(19-2)11(7)20)9-5-17-6-14-16-13(18)12(17)15-9/h3-6,20H,1-2H3,(H,16,18). The Morgan fingerprint density at radius 3 is 2.90 bits per heavy atom. The number of thiol groups is 1. The van der Waals surface area contributed by atoms with Gasteiger partial charge in [-0.2, -0.15) is 5.10 Å². The molecule has 0 aliphatic carbocycles. The van der Waals surface area contributed by atoms with Crippen molar-refractivity contribution in [3.8, 4) is 17.0 Å². The van der Waals surface area contributed by atoms with Crippen LogP contribution in [0.15, 0.2) is 34.3 Å². The molecule has 7 heteroatoms. The minimum Gasteiger partial charge on any atom is -0.495 e. The summed E-state index contributed by atoms with van der Waals surface area (Å²) >= 11 is 4.45. The quantitative estimate of drug-likeness (QED) is 0.704. The molecule has 0 bridgehead atoms. The Kier molecular flexibility index (Phi) is 2.98. The Hall–Kier alpha value is -2.28. The van der Waals surface area contributed by atoms with Gasteiger partial charge < -0.3 is 4.74 Å². The monoisotopic (exact) mass is 288 g/mol. The maximum absolute atomic E-state index is 11.7. The third-order valence-corrected chi connectivity index (χ3v) is 3.65. The van der Waals surface area contributed by atoms with Crippen molar-refractivity contribution in [2.75, 3.05) is 7.11 Å². The van der Waals surface area contributed by atoms with Gasteiger partial charge in [-0.25, -0.2) is 10.1 Å². The first-order chi connectivity index (χ1) is 9.61. The highest BCUT2D eigenvalue weighted by Gasteiger charge is 2.15. The number of rotatable bonds is 2. The highest BCUT2D eigenvalue weighted by atomic mass is 32.1. The number of aryl methyl sites for hydroxylation is 1. The van der Waals surface area contributed by atoms with Crippen molar-refractivity contribution in [2.24, 2.45) is 0 Å². The van der Waals surface area contributed by atoms with E-state index in [0.29, 0.717) is 17.1 Å². The Bertz CT molecular complexity index is 853. The third kappa shape index (κ3) is 1.87. The lowest BCUT2D eigenvalue weighted by Gasteiger charge is -2.10. The van der Waals surface area contributed by atoms with Gasteiger partial charge in [0.1, 0.15) is 12.1 Å². The number of benzene rings is 1. The fourth-order valence-electron chi connectivity index (χ4n) is 2.06. The van der Waals surface area contributed by atoms with Crippen LogP contribution in [-0.4, -0.2) is 26.7 Å². The first kappa shape index (κ1) is 12.7. The zero-order valence-corrected chi connectivity index (χ0v) is 11.8. The van der Waals surface area contributed by atoms with E-state index in [9.17, 15) is 4.79 Å². The summed E-state index contributed by atoms with van der Waals surface area (Å²) in [6, 6.07) is 3.84. The molecule has 0 amide bonds. The number of nitrogens with one attached hydrogen (secondary N) is 1. The molecule has 6 nitrogen and oxygen atoms in total. The van der Waals surface area contributed by atoms with E-state index in [4.69, 9.17) is 4.74 Å². The van der Waals surface area contributed by atoms with E-state index < -0.39 is 0 Å².